The molecule has 0 spiro atoms. The highest BCUT2D eigenvalue weighted by molar-refractivity contribution is 5.89. The Bertz CT molecular complexity index is 999. The number of para-hydroxylation sites is 2. The van der Waals surface area contributed by atoms with Crippen LogP contribution in [0.25, 0.3) is 0 Å². The molecular formula is C27H32O8. The van der Waals surface area contributed by atoms with Gasteiger partial charge in [0.15, 0.2) is 23.0 Å². The van der Waals surface area contributed by atoms with Gasteiger partial charge in [-0.2, -0.15) is 0 Å². The molecule has 0 radical (unpaired) electrons. The highest BCUT2D eigenvalue weighted by Gasteiger charge is 2.20. The molecule has 0 aliphatic rings. The molecule has 0 aliphatic carbocycles. The van der Waals surface area contributed by atoms with Gasteiger partial charge in [0.1, 0.15) is 13.2 Å². The second-order valence-corrected chi connectivity index (χ2v) is 8.33. The number of hydrogen-bond donors (Lipinski definition) is 2. The minimum absolute atomic E-state index is 0.0315. The van der Waals surface area contributed by atoms with Crippen LogP contribution >= 0.6 is 0 Å². The molecule has 2 unspecified atom stereocenters. The van der Waals surface area contributed by atoms with Gasteiger partial charge >= 0.3 is 11.9 Å². The van der Waals surface area contributed by atoms with Crippen molar-refractivity contribution in [1.29, 1.82) is 0 Å². The van der Waals surface area contributed by atoms with Gasteiger partial charge in [-0.3, -0.25) is 0 Å². The molecule has 0 aromatic heterocycles. The minimum atomic E-state index is -0.762. The van der Waals surface area contributed by atoms with E-state index in [0.29, 0.717) is 11.1 Å². The van der Waals surface area contributed by atoms with E-state index in [0.717, 1.165) is 0 Å². The molecule has 0 aliphatic heterocycles. The summed E-state index contributed by atoms with van der Waals surface area (Å²) in [5, 5.41) is 19.5. The van der Waals surface area contributed by atoms with Crippen LogP contribution in [-0.4, -0.2) is 47.6 Å². The quantitative estimate of drug-likeness (QED) is 0.266. The standard InChI is InChI=1S/C27H32O8/c1-16(2)26(30)34-22-11-7-9-20(24(22)32-14-18(5)28)13-21-10-8-12-23(35-27(31)17(3)4)25(21)33-15-19(6)29/h7-12,18-19,28-29H,1,3,13-15H2,2,4-6H3. The molecule has 8 nitrogen and oxygen atoms in total. The average Bonchev–Trinajstić information content (AvgIpc) is 2.77. The van der Waals surface area contributed by atoms with Gasteiger partial charge in [-0.1, -0.05) is 37.4 Å². The normalized spacial score (nSPS) is 12.3. The van der Waals surface area contributed by atoms with Crippen LogP contribution in [0, 0.1) is 0 Å². The van der Waals surface area contributed by atoms with Gasteiger partial charge in [0.05, 0.1) is 12.2 Å². The summed E-state index contributed by atoms with van der Waals surface area (Å²) in [5.41, 5.74) is 1.70. The van der Waals surface area contributed by atoms with Crippen molar-refractivity contribution in [3.8, 4) is 23.0 Å². The fourth-order valence-electron chi connectivity index (χ4n) is 2.88. The molecule has 2 rings (SSSR count). The lowest BCUT2D eigenvalue weighted by atomic mass is 10.0. The maximum Gasteiger partial charge on any atom is 0.338 e. The smallest absolute Gasteiger partial charge is 0.338 e. The summed E-state index contributed by atoms with van der Waals surface area (Å²) >= 11 is 0. The number of aliphatic hydroxyl groups is 2. The van der Waals surface area contributed by atoms with Gasteiger partial charge in [-0.05, 0) is 39.8 Å². The van der Waals surface area contributed by atoms with Crippen molar-refractivity contribution >= 4 is 11.9 Å². The SMILES string of the molecule is C=C(C)C(=O)Oc1cccc(Cc2cccc(OC(=O)C(=C)C)c2OCC(C)O)c1OCC(C)O. The van der Waals surface area contributed by atoms with Crippen LogP contribution in [0.5, 0.6) is 23.0 Å². The summed E-state index contributed by atoms with van der Waals surface area (Å²) in [7, 11) is 0. The minimum Gasteiger partial charge on any atom is -0.487 e. The zero-order valence-corrected chi connectivity index (χ0v) is 20.5. The van der Waals surface area contributed by atoms with Crippen molar-refractivity contribution in [3.63, 3.8) is 0 Å². The Morgan fingerprint density at radius 2 is 1.14 bits per heavy atom. The van der Waals surface area contributed by atoms with E-state index in [1.807, 2.05) is 0 Å². The Labute approximate surface area is 205 Å². The van der Waals surface area contributed by atoms with E-state index >= 15 is 0 Å². The van der Waals surface area contributed by atoms with Crippen molar-refractivity contribution in [3.05, 3.63) is 71.8 Å². The van der Waals surface area contributed by atoms with Crippen LogP contribution in [0.1, 0.15) is 38.8 Å². The third kappa shape index (κ3) is 8.27. The zero-order chi connectivity index (χ0) is 26.1. The molecule has 0 bridgehead atoms. The van der Waals surface area contributed by atoms with Crippen LogP contribution < -0.4 is 18.9 Å². The van der Waals surface area contributed by atoms with E-state index in [9.17, 15) is 19.8 Å². The molecule has 2 atom stereocenters. The van der Waals surface area contributed by atoms with Gasteiger partial charge in [-0.15, -0.1) is 0 Å². The van der Waals surface area contributed by atoms with E-state index in [2.05, 4.69) is 13.2 Å². The Balaban J connectivity index is 2.53. The fraction of sp³-hybridized carbons (Fsp3) is 0.333. The number of ether oxygens (including phenoxy) is 4. The zero-order valence-electron chi connectivity index (χ0n) is 20.5. The molecular weight excluding hydrogens is 452 g/mol. The second-order valence-electron chi connectivity index (χ2n) is 8.33. The third-order valence-corrected chi connectivity index (χ3v) is 4.54. The lowest BCUT2D eigenvalue weighted by Gasteiger charge is -2.19. The fourth-order valence-corrected chi connectivity index (χ4v) is 2.88. The van der Waals surface area contributed by atoms with Crippen molar-refractivity contribution in [2.45, 2.75) is 46.3 Å². The highest BCUT2D eigenvalue weighted by Crippen LogP contribution is 2.38. The van der Waals surface area contributed by atoms with Crippen LogP contribution in [0.2, 0.25) is 0 Å². The lowest BCUT2D eigenvalue weighted by Crippen LogP contribution is -2.17. The third-order valence-electron chi connectivity index (χ3n) is 4.54. The highest BCUT2D eigenvalue weighted by atomic mass is 16.6. The number of rotatable bonds is 12. The molecule has 0 heterocycles. The number of carbonyl (C=O) groups excluding carboxylic acids is 2. The van der Waals surface area contributed by atoms with Crippen molar-refractivity contribution in [2.24, 2.45) is 0 Å². The lowest BCUT2D eigenvalue weighted by molar-refractivity contribution is -0.131. The van der Waals surface area contributed by atoms with E-state index < -0.39 is 24.1 Å². The number of hydrogen-bond acceptors (Lipinski definition) is 8. The Hall–Kier alpha value is -3.62. The number of esters is 2. The molecule has 0 amide bonds. The maximum absolute atomic E-state index is 12.2. The van der Waals surface area contributed by atoms with Gasteiger partial charge in [0.2, 0.25) is 0 Å². The van der Waals surface area contributed by atoms with Crippen molar-refractivity contribution in [1.82, 2.24) is 0 Å². The van der Waals surface area contributed by atoms with Crippen LogP contribution in [0.4, 0.5) is 0 Å². The van der Waals surface area contributed by atoms with Gasteiger partial charge in [0, 0.05) is 28.7 Å². The topological polar surface area (TPSA) is 112 Å². The molecule has 0 saturated heterocycles. The molecule has 8 heteroatoms. The first-order valence-electron chi connectivity index (χ1n) is 11.1. The van der Waals surface area contributed by atoms with Gasteiger partial charge in [0.25, 0.3) is 0 Å². The summed E-state index contributed by atoms with van der Waals surface area (Å²) in [4.78, 5) is 24.3. The molecule has 0 fully saturated rings. The monoisotopic (exact) mass is 484 g/mol. The van der Waals surface area contributed by atoms with Gasteiger partial charge in [-0.25, -0.2) is 9.59 Å². The maximum atomic E-state index is 12.2. The number of aliphatic hydroxyl groups excluding tert-OH is 2. The van der Waals surface area contributed by atoms with Crippen LogP contribution in [-0.2, 0) is 16.0 Å². The Morgan fingerprint density at radius 1 is 0.771 bits per heavy atom. The number of carbonyl (C=O) groups is 2. The van der Waals surface area contributed by atoms with Gasteiger partial charge < -0.3 is 29.2 Å². The Kier molecular flexibility index (Phi) is 10.1. The first kappa shape index (κ1) is 27.6. The van der Waals surface area contributed by atoms with E-state index in [1.165, 1.54) is 13.8 Å². The largest absolute Gasteiger partial charge is 0.487 e. The summed E-state index contributed by atoms with van der Waals surface area (Å²) in [6, 6.07) is 10.1. The Morgan fingerprint density at radius 3 is 1.46 bits per heavy atom. The predicted octanol–water partition coefficient (Wildman–Crippen LogP) is 3.76. The number of benzene rings is 2. The van der Waals surface area contributed by atoms with Crippen molar-refractivity contribution in [2.75, 3.05) is 13.2 Å². The average molecular weight is 485 g/mol. The molecule has 2 N–H and O–H groups in total. The van der Waals surface area contributed by atoms with Crippen molar-refractivity contribution < 1.29 is 38.7 Å². The van der Waals surface area contributed by atoms with Crippen LogP contribution in [0.15, 0.2) is 60.7 Å². The van der Waals surface area contributed by atoms with E-state index in [-0.39, 0.29) is 53.8 Å². The first-order chi connectivity index (χ1) is 16.5. The summed E-state index contributed by atoms with van der Waals surface area (Å²) in [6.07, 6.45) is -1.29. The molecule has 2 aromatic carbocycles. The summed E-state index contributed by atoms with van der Waals surface area (Å²) in [5.74, 6) is -0.333. The first-order valence-corrected chi connectivity index (χ1v) is 11.1. The molecule has 188 valence electrons. The molecule has 2 aromatic rings. The van der Waals surface area contributed by atoms with E-state index in [1.54, 1.807) is 50.2 Å². The summed E-state index contributed by atoms with van der Waals surface area (Å²) < 4.78 is 22.5. The molecule has 35 heavy (non-hydrogen) atoms. The summed E-state index contributed by atoms with van der Waals surface area (Å²) in [6.45, 7) is 13.3. The van der Waals surface area contributed by atoms with Crippen LogP contribution in [0.3, 0.4) is 0 Å². The molecule has 0 saturated carbocycles. The second kappa shape index (κ2) is 12.7. The van der Waals surface area contributed by atoms with E-state index in [4.69, 9.17) is 18.9 Å². The predicted molar refractivity (Wildman–Crippen MR) is 131 cm³/mol.